The van der Waals surface area contributed by atoms with Crippen LogP contribution < -0.4 is 0 Å². The fourth-order valence-electron chi connectivity index (χ4n) is 1.02. The lowest BCUT2D eigenvalue weighted by Gasteiger charge is -2.13. The van der Waals surface area contributed by atoms with Gasteiger partial charge in [0.1, 0.15) is 6.16 Å². The Labute approximate surface area is 91.2 Å². The summed E-state index contributed by atoms with van der Waals surface area (Å²) < 4.78 is 21.0. The van der Waals surface area contributed by atoms with Crippen LogP contribution in [0.25, 0.3) is 0 Å². The molecule has 0 amide bonds. The molecular formula is C10H19O4P. The first kappa shape index (κ1) is 14.6. The van der Waals surface area contributed by atoms with Gasteiger partial charge in [-0.15, -0.1) is 0 Å². The molecule has 0 aromatic carbocycles. The predicted molar refractivity (Wildman–Crippen MR) is 60.2 cm³/mol. The van der Waals surface area contributed by atoms with Crippen LogP contribution in [0.15, 0.2) is 12.2 Å². The molecular weight excluding hydrogens is 215 g/mol. The number of unbranched alkanes of at least 4 members (excludes halogenated alkanes) is 1. The summed E-state index contributed by atoms with van der Waals surface area (Å²) in [4.78, 5) is 11.6. The van der Waals surface area contributed by atoms with Gasteiger partial charge in [-0.3, -0.25) is 9.36 Å². The first-order chi connectivity index (χ1) is 6.99. The van der Waals surface area contributed by atoms with E-state index in [4.69, 9.17) is 0 Å². The number of hydrogen-bond donors (Lipinski definition) is 0. The second-order valence-electron chi connectivity index (χ2n) is 3.26. The molecule has 15 heavy (non-hydrogen) atoms. The molecule has 4 nitrogen and oxygen atoms in total. The minimum absolute atomic E-state index is 0.220. The zero-order chi connectivity index (χ0) is 11.9. The van der Waals surface area contributed by atoms with Crippen molar-refractivity contribution < 1.29 is 18.4 Å². The summed E-state index contributed by atoms with van der Waals surface area (Å²) in [5, 5.41) is 0. The maximum Gasteiger partial charge on any atom is 0.337 e. The van der Waals surface area contributed by atoms with Crippen LogP contribution in [-0.4, -0.2) is 26.2 Å². The normalized spacial score (nSPS) is 11.4. The fraction of sp³-hybridized carbons (Fsp3) is 0.700. The molecule has 0 bridgehead atoms. The van der Waals surface area contributed by atoms with Gasteiger partial charge in [0.25, 0.3) is 0 Å². The van der Waals surface area contributed by atoms with E-state index >= 15 is 0 Å². The first-order valence-corrected chi connectivity index (χ1v) is 6.63. The maximum atomic E-state index is 11.6. The molecule has 88 valence electrons. The van der Waals surface area contributed by atoms with Gasteiger partial charge in [0, 0.05) is 14.2 Å². The molecule has 0 spiro atoms. The van der Waals surface area contributed by atoms with Gasteiger partial charge in [0.2, 0.25) is 0 Å². The smallest absolute Gasteiger partial charge is 0.312 e. The zero-order valence-corrected chi connectivity index (χ0v) is 10.5. The molecule has 5 heteroatoms. The van der Waals surface area contributed by atoms with E-state index in [2.05, 4.69) is 15.6 Å². The van der Waals surface area contributed by atoms with Crippen LogP contribution in [0.5, 0.6) is 0 Å². The molecule has 0 aromatic heterocycles. The van der Waals surface area contributed by atoms with E-state index in [9.17, 15) is 9.36 Å². The van der Waals surface area contributed by atoms with E-state index in [0.717, 1.165) is 12.8 Å². The topological polar surface area (TPSA) is 52.6 Å². The molecule has 0 N–H and O–H groups in total. The number of rotatable bonds is 8. The third kappa shape index (κ3) is 5.26. The predicted octanol–water partition coefficient (Wildman–Crippen LogP) is 2.79. The van der Waals surface area contributed by atoms with Crippen LogP contribution in [0, 0.1) is 0 Å². The highest BCUT2D eigenvalue weighted by Crippen LogP contribution is 2.46. The van der Waals surface area contributed by atoms with Crippen molar-refractivity contribution in [2.75, 3.05) is 20.4 Å². The quantitative estimate of drug-likeness (QED) is 0.478. The Balaban J connectivity index is 4.23. The fourth-order valence-corrected chi connectivity index (χ4v) is 2.00. The van der Waals surface area contributed by atoms with E-state index in [1.165, 1.54) is 14.2 Å². The highest BCUT2D eigenvalue weighted by atomic mass is 31.2. The van der Waals surface area contributed by atoms with Crippen LogP contribution >= 0.6 is 7.60 Å². The van der Waals surface area contributed by atoms with E-state index in [1.54, 1.807) is 0 Å². The minimum Gasteiger partial charge on any atom is -0.312 e. The molecule has 0 saturated carbocycles. The van der Waals surface area contributed by atoms with Gasteiger partial charge in [0.15, 0.2) is 5.78 Å². The Morgan fingerprint density at radius 2 is 1.87 bits per heavy atom. The van der Waals surface area contributed by atoms with Gasteiger partial charge in [-0.2, -0.15) is 0 Å². The second kappa shape index (κ2) is 6.94. The molecule has 0 aliphatic rings. The lowest BCUT2D eigenvalue weighted by atomic mass is 10.1. The molecule has 0 aliphatic carbocycles. The minimum atomic E-state index is -3.23. The average Bonchev–Trinajstić information content (AvgIpc) is 2.25. The standard InChI is InChI=1S/C10H19O4P/c1-5-6-7-9(2)10(11)8-15(12,13-3)14-4/h2,5-8H2,1,3-4H3. The van der Waals surface area contributed by atoms with Crippen LogP contribution in [0.3, 0.4) is 0 Å². The van der Waals surface area contributed by atoms with Gasteiger partial charge < -0.3 is 9.05 Å². The van der Waals surface area contributed by atoms with Crippen LogP contribution in [-0.2, 0) is 18.4 Å². The van der Waals surface area contributed by atoms with Crippen molar-refractivity contribution >= 4 is 13.4 Å². The largest absolute Gasteiger partial charge is 0.337 e. The molecule has 0 fully saturated rings. The van der Waals surface area contributed by atoms with E-state index in [-0.39, 0.29) is 11.9 Å². The third-order valence-corrected chi connectivity index (χ3v) is 3.91. The lowest BCUT2D eigenvalue weighted by Crippen LogP contribution is -2.10. The summed E-state index contributed by atoms with van der Waals surface area (Å²) in [6.45, 7) is 5.70. The Kier molecular flexibility index (Phi) is 6.73. The van der Waals surface area contributed by atoms with E-state index < -0.39 is 7.60 Å². The second-order valence-corrected chi connectivity index (χ2v) is 5.53. The average molecular weight is 234 g/mol. The van der Waals surface area contributed by atoms with Crippen LogP contribution in [0.2, 0.25) is 0 Å². The van der Waals surface area contributed by atoms with Crippen molar-refractivity contribution in [2.45, 2.75) is 26.2 Å². The molecule has 0 aliphatic heterocycles. The van der Waals surface area contributed by atoms with Gasteiger partial charge >= 0.3 is 7.60 Å². The monoisotopic (exact) mass is 234 g/mol. The number of carbonyl (C=O) groups is 1. The Morgan fingerprint density at radius 3 is 2.27 bits per heavy atom. The number of carbonyl (C=O) groups excluding carboxylic acids is 1. The highest BCUT2D eigenvalue weighted by molar-refractivity contribution is 7.54. The Morgan fingerprint density at radius 1 is 1.33 bits per heavy atom. The SMILES string of the molecule is C=C(CCCC)C(=O)CP(=O)(OC)OC. The van der Waals surface area contributed by atoms with Crippen molar-refractivity contribution in [3.8, 4) is 0 Å². The third-order valence-electron chi connectivity index (χ3n) is 2.12. The number of allylic oxidation sites excluding steroid dienone is 1. The van der Waals surface area contributed by atoms with Crippen LogP contribution in [0.4, 0.5) is 0 Å². The first-order valence-electron chi connectivity index (χ1n) is 4.90. The summed E-state index contributed by atoms with van der Waals surface area (Å²) in [6, 6.07) is 0. The number of hydrogen-bond acceptors (Lipinski definition) is 4. The van der Waals surface area contributed by atoms with Gasteiger partial charge in [-0.05, 0) is 18.4 Å². The summed E-state index contributed by atoms with van der Waals surface area (Å²) in [7, 11) is -0.693. The van der Waals surface area contributed by atoms with E-state index in [0.29, 0.717) is 12.0 Å². The molecule has 0 aromatic rings. The van der Waals surface area contributed by atoms with Gasteiger partial charge in [0.05, 0.1) is 0 Å². The van der Waals surface area contributed by atoms with Crippen LogP contribution in [0.1, 0.15) is 26.2 Å². The molecule has 0 heterocycles. The summed E-state index contributed by atoms with van der Waals surface area (Å²) >= 11 is 0. The van der Waals surface area contributed by atoms with Crippen molar-refractivity contribution in [2.24, 2.45) is 0 Å². The lowest BCUT2D eigenvalue weighted by molar-refractivity contribution is -0.113. The molecule has 0 saturated heterocycles. The van der Waals surface area contributed by atoms with Crippen molar-refractivity contribution in [1.29, 1.82) is 0 Å². The van der Waals surface area contributed by atoms with Crippen molar-refractivity contribution in [3.05, 3.63) is 12.2 Å². The van der Waals surface area contributed by atoms with Gasteiger partial charge in [-0.1, -0.05) is 19.9 Å². The molecule has 0 atom stereocenters. The zero-order valence-electron chi connectivity index (χ0n) is 9.62. The maximum absolute atomic E-state index is 11.6. The molecule has 0 rings (SSSR count). The van der Waals surface area contributed by atoms with E-state index in [1.807, 2.05) is 6.92 Å². The van der Waals surface area contributed by atoms with Gasteiger partial charge in [-0.25, -0.2) is 0 Å². The summed E-state index contributed by atoms with van der Waals surface area (Å²) in [6.07, 6.45) is 2.33. The highest BCUT2D eigenvalue weighted by Gasteiger charge is 2.26. The molecule has 0 radical (unpaired) electrons. The molecule has 0 unspecified atom stereocenters. The number of Topliss-reactive ketones (excluding diaryl/α,β-unsaturated/α-hetero) is 1. The Hall–Kier alpha value is -0.440. The summed E-state index contributed by atoms with van der Waals surface area (Å²) in [5.74, 6) is -0.240. The Bertz CT molecular complexity index is 265. The van der Waals surface area contributed by atoms with Crippen molar-refractivity contribution in [3.63, 3.8) is 0 Å². The van der Waals surface area contributed by atoms with Crippen molar-refractivity contribution in [1.82, 2.24) is 0 Å². The number of ketones is 1. The summed E-state index contributed by atoms with van der Waals surface area (Å²) in [5.41, 5.74) is 0.492.